The van der Waals surface area contributed by atoms with Crippen molar-refractivity contribution in [2.24, 2.45) is 5.73 Å². The predicted octanol–water partition coefficient (Wildman–Crippen LogP) is 0.300. The number of rotatable bonds is 3. The van der Waals surface area contributed by atoms with E-state index >= 15 is 0 Å². The van der Waals surface area contributed by atoms with Crippen molar-refractivity contribution < 1.29 is 9.53 Å². The third-order valence-corrected chi connectivity index (χ3v) is 2.35. The molecule has 0 bridgehead atoms. The van der Waals surface area contributed by atoms with Crippen LogP contribution in [0.1, 0.15) is 19.3 Å². The van der Waals surface area contributed by atoms with Gasteiger partial charge in [0.15, 0.2) is 0 Å². The average molecular weight is 216 g/mol. The Morgan fingerprint density at radius 1 is 1.64 bits per heavy atom. The Morgan fingerprint density at radius 2 is 2.36 bits per heavy atom. The fourth-order valence-corrected chi connectivity index (χ4v) is 1.69. The molecule has 1 atom stereocenters. The van der Waals surface area contributed by atoms with E-state index in [9.17, 15) is 4.79 Å². The Bertz CT molecular complexity index is 227. The van der Waals surface area contributed by atoms with Crippen LogP contribution < -0.4 is 5.73 Å². The summed E-state index contributed by atoms with van der Waals surface area (Å²) in [4.78, 5) is 13.6. The maximum atomic E-state index is 11.7. The predicted molar refractivity (Wildman–Crippen MR) is 58.0 cm³/mol. The Hall–Kier alpha value is -0.680. The number of carbonyl (C=O) groups excluding carboxylic acids is 1. The van der Waals surface area contributed by atoms with Crippen molar-refractivity contribution in [3.63, 3.8) is 0 Å². The second kappa shape index (κ2) is 5.26. The van der Waals surface area contributed by atoms with E-state index in [0.717, 1.165) is 19.3 Å². The number of ether oxygens (including phenoxy) is 1. The molecule has 4 nitrogen and oxygen atoms in total. The molecule has 0 spiro atoms. The van der Waals surface area contributed by atoms with Crippen LogP contribution in [-0.4, -0.2) is 42.1 Å². The molecule has 1 heterocycles. The van der Waals surface area contributed by atoms with Crippen LogP contribution in [0.4, 0.5) is 0 Å². The number of thiocarbonyl (C=S) groups is 1. The smallest absolute Gasteiger partial charge is 0.251 e. The molecule has 1 aliphatic heterocycles. The van der Waals surface area contributed by atoms with E-state index < -0.39 is 0 Å². The third kappa shape index (κ3) is 3.23. The first-order chi connectivity index (χ1) is 6.61. The maximum absolute atomic E-state index is 11.7. The highest BCUT2D eigenvalue weighted by atomic mass is 32.1. The van der Waals surface area contributed by atoms with E-state index in [-0.39, 0.29) is 12.0 Å². The zero-order valence-corrected chi connectivity index (χ0v) is 9.18. The van der Waals surface area contributed by atoms with E-state index in [1.165, 1.54) is 4.90 Å². The van der Waals surface area contributed by atoms with Crippen LogP contribution in [0.5, 0.6) is 0 Å². The van der Waals surface area contributed by atoms with Gasteiger partial charge in [0.1, 0.15) is 6.10 Å². The first-order valence-corrected chi connectivity index (χ1v) is 5.17. The van der Waals surface area contributed by atoms with Crippen LogP contribution >= 0.6 is 12.2 Å². The zero-order valence-electron chi connectivity index (χ0n) is 8.36. The molecule has 1 saturated heterocycles. The molecular formula is C9H16N2O2S. The molecule has 0 saturated carbocycles. The molecule has 0 aromatic carbocycles. The molecular weight excluding hydrogens is 200 g/mol. The molecule has 0 aliphatic carbocycles. The summed E-state index contributed by atoms with van der Waals surface area (Å²) in [6, 6.07) is 0. The fourth-order valence-electron chi connectivity index (χ4n) is 1.49. The van der Waals surface area contributed by atoms with Crippen LogP contribution in [-0.2, 0) is 9.53 Å². The van der Waals surface area contributed by atoms with Crippen LogP contribution in [0.25, 0.3) is 0 Å². The fraction of sp³-hybridized carbons (Fsp3) is 0.778. The summed E-state index contributed by atoms with van der Waals surface area (Å²) in [5, 5.41) is 0. The summed E-state index contributed by atoms with van der Waals surface area (Å²) >= 11 is 4.74. The Kier molecular flexibility index (Phi) is 4.28. The number of hydrogen-bond donors (Lipinski definition) is 1. The van der Waals surface area contributed by atoms with Crippen LogP contribution in [0.15, 0.2) is 0 Å². The molecule has 2 N–H and O–H groups in total. The molecule has 5 heteroatoms. The second-order valence-corrected chi connectivity index (χ2v) is 4.04. The lowest BCUT2D eigenvalue weighted by Crippen LogP contribution is -2.42. The van der Waals surface area contributed by atoms with Crippen molar-refractivity contribution in [1.82, 2.24) is 4.90 Å². The number of amides is 1. The van der Waals surface area contributed by atoms with Gasteiger partial charge in [0.05, 0.1) is 11.5 Å². The van der Waals surface area contributed by atoms with Gasteiger partial charge in [-0.25, -0.2) is 0 Å². The minimum atomic E-state index is -0.289. The molecule has 1 amide bonds. The summed E-state index contributed by atoms with van der Waals surface area (Å²) in [6.07, 6.45) is 2.61. The van der Waals surface area contributed by atoms with Gasteiger partial charge in [-0.2, -0.15) is 0 Å². The van der Waals surface area contributed by atoms with Gasteiger partial charge in [0.2, 0.25) is 0 Å². The lowest BCUT2D eigenvalue weighted by atomic mass is 10.1. The van der Waals surface area contributed by atoms with Gasteiger partial charge < -0.3 is 15.4 Å². The molecule has 0 radical (unpaired) electrons. The molecule has 80 valence electrons. The largest absolute Gasteiger partial charge is 0.392 e. The van der Waals surface area contributed by atoms with Gasteiger partial charge in [-0.1, -0.05) is 12.2 Å². The SMILES string of the molecule is CN(CC(N)=S)C(=O)C1CCCCO1. The van der Waals surface area contributed by atoms with Crippen LogP contribution in [0.3, 0.4) is 0 Å². The van der Waals surface area contributed by atoms with Crippen molar-refractivity contribution in [3.8, 4) is 0 Å². The molecule has 1 rings (SSSR count). The topological polar surface area (TPSA) is 55.6 Å². The van der Waals surface area contributed by atoms with Crippen molar-refractivity contribution in [3.05, 3.63) is 0 Å². The molecule has 1 aliphatic rings. The summed E-state index contributed by atoms with van der Waals surface area (Å²) in [5.74, 6) is -0.0162. The first kappa shape index (κ1) is 11.4. The third-order valence-electron chi connectivity index (χ3n) is 2.22. The average Bonchev–Trinajstić information content (AvgIpc) is 2.17. The van der Waals surface area contributed by atoms with Gasteiger partial charge in [0.25, 0.3) is 5.91 Å². The Morgan fingerprint density at radius 3 is 2.86 bits per heavy atom. The second-order valence-electron chi connectivity index (χ2n) is 3.52. The van der Waals surface area contributed by atoms with Gasteiger partial charge in [-0.3, -0.25) is 4.79 Å². The molecule has 14 heavy (non-hydrogen) atoms. The standard InChI is InChI=1S/C9H16N2O2S/c1-11(6-8(10)14)9(12)7-4-2-3-5-13-7/h7H,2-6H2,1H3,(H2,10,14). The van der Waals surface area contributed by atoms with Gasteiger partial charge in [-0.05, 0) is 19.3 Å². The molecule has 0 aromatic heterocycles. The monoisotopic (exact) mass is 216 g/mol. The summed E-state index contributed by atoms with van der Waals surface area (Å²) < 4.78 is 5.37. The van der Waals surface area contributed by atoms with Crippen molar-refractivity contribution in [2.45, 2.75) is 25.4 Å². The normalized spacial score (nSPS) is 21.6. The van der Waals surface area contributed by atoms with E-state index in [1.807, 2.05) is 0 Å². The van der Waals surface area contributed by atoms with Gasteiger partial charge in [0, 0.05) is 13.7 Å². The van der Waals surface area contributed by atoms with Crippen molar-refractivity contribution in [1.29, 1.82) is 0 Å². The highest BCUT2D eigenvalue weighted by Crippen LogP contribution is 2.14. The van der Waals surface area contributed by atoms with E-state index in [1.54, 1.807) is 7.05 Å². The number of nitrogens with zero attached hydrogens (tertiary/aromatic N) is 1. The molecule has 0 aromatic rings. The summed E-state index contributed by atoms with van der Waals surface area (Å²) in [6.45, 7) is 1.01. The van der Waals surface area contributed by atoms with Gasteiger partial charge in [-0.15, -0.1) is 0 Å². The Balaban J connectivity index is 2.42. The van der Waals surface area contributed by atoms with E-state index in [0.29, 0.717) is 18.1 Å². The number of carbonyl (C=O) groups is 1. The highest BCUT2D eigenvalue weighted by molar-refractivity contribution is 7.80. The van der Waals surface area contributed by atoms with E-state index in [2.05, 4.69) is 0 Å². The molecule has 1 unspecified atom stereocenters. The summed E-state index contributed by atoms with van der Waals surface area (Å²) in [7, 11) is 1.69. The number of nitrogens with two attached hydrogens (primary N) is 1. The maximum Gasteiger partial charge on any atom is 0.251 e. The quantitative estimate of drug-likeness (QED) is 0.689. The van der Waals surface area contributed by atoms with Crippen LogP contribution in [0.2, 0.25) is 0 Å². The summed E-state index contributed by atoms with van der Waals surface area (Å²) in [5.41, 5.74) is 5.36. The molecule has 1 fully saturated rings. The minimum Gasteiger partial charge on any atom is -0.392 e. The van der Waals surface area contributed by atoms with Crippen molar-refractivity contribution >= 4 is 23.1 Å². The first-order valence-electron chi connectivity index (χ1n) is 4.76. The Labute approximate surface area is 89.4 Å². The zero-order chi connectivity index (χ0) is 10.6. The van der Waals surface area contributed by atoms with Gasteiger partial charge >= 0.3 is 0 Å². The van der Waals surface area contributed by atoms with E-state index in [4.69, 9.17) is 22.7 Å². The lowest BCUT2D eigenvalue weighted by molar-refractivity contribution is -0.144. The number of likely N-dealkylation sites (N-methyl/N-ethyl adjacent to an activating group) is 1. The highest BCUT2D eigenvalue weighted by Gasteiger charge is 2.24. The number of hydrogen-bond acceptors (Lipinski definition) is 3. The lowest BCUT2D eigenvalue weighted by Gasteiger charge is -2.26. The minimum absolute atomic E-state index is 0.0162. The van der Waals surface area contributed by atoms with Crippen LogP contribution in [0, 0.1) is 0 Å². The van der Waals surface area contributed by atoms with Crippen molar-refractivity contribution in [2.75, 3.05) is 20.2 Å².